The Labute approximate surface area is 118 Å². The lowest BCUT2D eigenvalue weighted by Gasteiger charge is -2.13. The van der Waals surface area contributed by atoms with Crippen molar-refractivity contribution in [1.82, 2.24) is 0 Å². The molecule has 0 bridgehead atoms. The van der Waals surface area contributed by atoms with Crippen LogP contribution in [0.1, 0.15) is 12.8 Å². The number of nitrogens with one attached hydrogen (secondary N) is 1. The molecule has 1 aromatic carbocycles. The van der Waals surface area contributed by atoms with E-state index < -0.39 is 6.04 Å². The highest BCUT2D eigenvalue weighted by Gasteiger charge is 2.15. The Hall–Kier alpha value is -1.79. The zero-order valence-corrected chi connectivity index (χ0v) is 11.6. The number of ether oxygens (including phenoxy) is 3. The summed E-state index contributed by atoms with van der Waals surface area (Å²) < 4.78 is 16.0. The normalized spacial score (nSPS) is 15.3. The third-order valence-electron chi connectivity index (χ3n) is 2.98. The monoisotopic (exact) mass is 280 g/mol. The molecule has 1 heterocycles. The summed E-state index contributed by atoms with van der Waals surface area (Å²) in [6.45, 7) is 1.70. The van der Waals surface area contributed by atoms with Crippen molar-refractivity contribution in [3.8, 4) is 11.5 Å². The van der Waals surface area contributed by atoms with Crippen molar-refractivity contribution in [2.75, 3.05) is 32.2 Å². The Morgan fingerprint density at radius 2 is 2.15 bits per heavy atom. The van der Waals surface area contributed by atoms with Crippen LogP contribution in [-0.2, 0) is 9.53 Å². The number of hydrogen-bond acceptors (Lipinski definition) is 5. The van der Waals surface area contributed by atoms with Gasteiger partial charge < -0.3 is 25.3 Å². The highest BCUT2D eigenvalue weighted by Crippen LogP contribution is 2.32. The largest absolute Gasteiger partial charge is 0.490 e. The number of amides is 1. The van der Waals surface area contributed by atoms with E-state index in [0.717, 1.165) is 6.42 Å². The van der Waals surface area contributed by atoms with Gasteiger partial charge in [0.25, 0.3) is 0 Å². The molecular formula is C14H20N2O4. The molecule has 1 amide bonds. The van der Waals surface area contributed by atoms with Crippen LogP contribution in [0.15, 0.2) is 18.2 Å². The predicted octanol–water partition coefficient (Wildman–Crippen LogP) is 1.15. The van der Waals surface area contributed by atoms with Gasteiger partial charge in [0, 0.05) is 31.9 Å². The van der Waals surface area contributed by atoms with E-state index in [2.05, 4.69) is 5.32 Å². The minimum absolute atomic E-state index is 0.239. The van der Waals surface area contributed by atoms with Crippen LogP contribution in [0.2, 0.25) is 0 Å². The van der Waals surface area contributed by atoms with Crippen molar-refractivity contribution in [1.29, 1.82) is 0 Å². The van der Waals surface area contributed by atoms with Gasteiger partial charge in [0.2, 0.25) is 5.91 Å². The van der Waals surface area contributed by atoms with E-state index in [4.69, 9.17) is 19.9 Å². The quantitative estimate of drug-likeness (QED) is 0.845. The second-order valence-corrected chi connectivity index (χ2v) is 4.59. The summed E-state index contributed by atoms with van der Waals surface area (Å²) in [6.07, 6.45) is 1.32. The highest BCUT2D eigenvalue weighted by molar-refractivity contribution is 5.94. The molecule has 0 aliphatic carbocycles. The molecule has 0 saturated carbocycles. The Morgan fingerprint density at radius 3 is 2.90 bits per heavy atom. The number of carbonyl (C=O) groups is 1. The number of methoxy groups -OCH3 is 1. The molecule has 0 fully saturated rings. The molecule has 6 heteroatoms. The van der Waals surface area contributed by atoms with E-state index in [0.29, 0.717) is 43.4 Å². The standard InChI is InChI=1S/C14H20N2O4/c1-18-8-5-11(15)14(17)16-10-3-4-12-13(9-10)20-7-2-6-19-12/h3-4,9,11H,2,5-8,15H2,1H3,(H,16,17). The lowest BCUT2D eigenvalue weighted by molar-refractivity contribution is -0.117. The zero-order chi connectivity index (χ0) is 14.4. The first-order valence-corrected chi connectivity index (χ1v) is 6.65. The third kappa shape index (κ3) is 3.85. The van der Waals surface area contributed by atoms with E-state index in [9.17, 15) is 4.79 Å². The van der Waals surface area contributed by atoms with E-state index in [-0.39, 0.29) is 5.91 Å². The third-order valence-corrected chi connectivity index (χ3v) is 2.98. The van der Waals surface area contributed by atoms with Gasteiger partial charge in [0.05, 0.1) is 19.3 Å². The van der Waals surface area contributed by atoms with Crippen LogP contribution in [0.4, 0.5) is 5.69 Å². The van der Waals surface area contributed by atoms with Crippen LogP contribution in [0.5, 0.6) is 11.5 Å². The lowest BCUT2D eigenvalue weighted by atomic mass is 10.2. The fourth-order valence-corrected chi connectivity index (χ4v) is 1.85. The predicted molar refractivity (Wildman–Crippen MR) is 75.1 cm³/mol. The average molecular weight is 280 g/mol. The fourth-order valence-electron chi connectivity index (χ4n) is 1.85. The number of hydrogen-bond donors (Lipinski definition) is 2. The lowest BCUT2D eigenvalue weighted by Crippen LogP contribution is -2.36. The number of nitrogens with two attached hydrogens (primary N) is 1. The van der Waals surface area contributed by atoms with Crippen LogP contribution >= 0.6 is 0 Å². The summed E-state index contributed by atoms with van der Waals surface area (Å²) in [4.78, 5) is 11.9. The molecule has 1 atom stereocenters. The van der Waals surface area contributed by atoms with Crippen LogP contribution in [0.25, 0.3) is 0 Å². The Morgan fingerprint density at radius 1 is 1.40 bits per heavy atom. The van der Waals surface area contributed by atoms with Gasteiger partial charge in [-0.3, -0.25) is 4.79 Å². The van der Waals surface area contributed by atoms with Gasteiger partial charge in [-0.05, 0) is 18.6 Å². The smallest absolute Gasteiger partial charge is 0.241 e. The van der Waals surface area contributed by atoms with Crippen molar-refractivity contribution in [3.05, 3.63) is 18.2 Å². The molecule has 0 radical (unpaired) electrons. The van der Waals surface area contributed by atoms with E-state index in [1.165, 1.54) is 0 Å². The number of anilines is 1. The zero-order valence-electron chi connectivity index (χ0n) is 11.6. The van der Waals surface area contributed by atoms with Gasteiger partial charge in [-0.15, -0.1) is 0 Å². The van der Waals surface area contributed by atoms with Gasteiger partial charge in [-0.1, -0.05) is 0 Å². The summed E-state index contributed by atoms with van der Waals surface area (Å²) in [5.41, 5.74) is 6.41. The van der Waals surface area contributed by atoms with Crippen molar-refractivity contribution in [3.63, 3.8) is 0 Å². The van der Waals surface area contributed by atoms with Crippen molar-refractivity contribution in [2.24, 2.45) is 5.73 Å². The van der Waals surface area contributed by atoms with Crippen molar-refractivity contribution in [2.45, 2.75) is 18.9 Å². The second kappa shape index (κ2) is 7.12. The summed E-state index contributed by atoms with van der Waals surface area (Å²) in [5.74, 6) is 1.10. The number of benzene rings is 1. The maximum Gasteiger partial charge on any atom is 0.241 e. The summed E-state index contributed by atoms with van der Waals surface area (Å²) >= 11 is 0. The molecule has 0 spiro atoms. The minimum atomic E-state index is -0.592. The second-order valence-electron chi connectivity index (χ2n) is 4.59. The number of fused-ring (bicyclic) bond motifs is 1. The van der Waals surface area contributed by atoms with E-state index >= 15 is 0 Å². The maximum absolute atomic E-state index is 11.9. The van der Waals surface area contributed by atoms with Crippen molar-refractivity contribution < 1.29 is 19.0 Å². The molecular weight excluding hydrogens is 260 g/mol. The van der Waals surface area contributed by atoms with E-state index in [1.54, 1.807) is 25.3 Å². The van der Waals surface area contributed by atoms with Gasteiger partial charge in [0.1, 0.15) is 0 Å². The van der Waals surface area contributed by atoms with Crippen LogP contribution in [-0.4, -0.2) is 38.9 Å². The Bertz CT molecular complexity index is 464. The molecule has 1 unspecified atom stereocenters. The summed E-state index contributed by atoms with van der Waals surface area (Å²) in [5, 5.41) is 2.77. The molecule has 20 heavy (non-hydrogen) atoms. The number of carbonyl (C=O) groups excluding carboxylic acids is 1. The van der Waals surface area contributed by atoms with Gasteiger partial charge >= 0.3 is 0 Å². The molecule has 110 valence electrons. The molecule has 1 aliphatic rings. The van der Waals surface area contributed by atoms with Gasteiger partial charge in [-0.2, -0.15) is 0 Å². The molecule has 2 rings (SSSR count). The SMILES string of the molecule is COCCC(N)C(=O)Nc1ccc2c(c1)OCCCO2. The highest BCUT2D eigenvalue weighted by atomic mass is 16.5. The first kappa shape index (κ1) is 14.6. The topological polar surface area (TPSA) is 82.8 Å². The molecule has 3 N–H and O–H groups in total. The van der Waals surface area contributed by atoms with Gasteiger partial charge in [0.15, 0.2) is 11.5 Å². The first-order valence-electron chi connectivity index (χ1n) is 6.65. The molecule has 1 aliphatic heterocycles. The van der Waals surface area contributed by atoms with Crippen LogP contribution in [0.3, 0.4) is 0 Å². The van der Waals surface area contributed by atoms with Gasteiger partial charge in [-0.25, -0.2) is 0 Å². The maximum atomic E-state index is 11.9. The summed E-state index contributed by atoms with van der Waals surface area (Å²) in [7, 11) is 1.58. The Kier molecular flexibility index (Phi) is 5.20. The van der Waals surface area contributed by atoms with Crippen molar-refractivity contribution >= 4 is 11.6 Å². The minimum Gasteiger partial charge on any atom is -0.490 e. The molecule has 0 saturated heterocycles. The van der Waals surface area contributed by atoms with E-state index in [1.807, 2.05) is 0 Å². The fraction of sp³-hybridized carbons (Fsp3) is 0.500. The van der Waals surface area contributed by atoms with Crippen LogP contribution < -0.4 is 20.5 Å². The molecule has 1 aromatic rings. The average Bonchev–Trinajstić information content (AvgIpc) is 2.69. The molecule has 6 nitrogen and oxygen atoms in total. The Balaban J connectivity index is 1.99. The summed E-state index contributed by atoms with van der Waals surface area (Å²) in [6, 6.07) is 4.72. The number of rotatable bonds is 5. The molecule has 0 aromatic heterocycles. The van der Waals surface area contributed by atoms with Crippen LogP contribution in [0, 0.1) is 0 Å². The first-order chi connectivity index (χ1) is 9.70.